The predicted octanol–water partition coefficient (Wildman–Crippen LogP) is 8.23. The molecule has 0 spiro atoms. The van der Waals surface area contributed by atoms with E-state index < -0.39 is 0 Å². The van der Waals surface area contributed by atoms with Crippen molar-refractivity contribution in [2.24, 2.45) is 0 Å². The fourth-order valence-corrected chi connectivity index (χ4v) is 2.53. The summed E-state index contributed by atoms with van der Waals surface area (Å²) in [5.74, 6) is 2.86. The summed E-state index contributed by atoms with van der Waals surface area (Å²) in [4.78, 5) is 0. The van der Waals surface area contributed by atoms with Crippen molar-refractivity contribution in [1.29, 1.82) is 0 Å². The van der Waals surface area contributed by atoms with Gasteiger partial charge in [0.2, 0.25) is 0 Å². The summed E-state index contributed by atoms with van der Waals surface area (Å²) >= 11 is 4.24. The highest BCUT2D eigenvalue weighted by Gasteiger charge is 2.17. The van der Waals surface area contributed by atoms with Crippen LogP contribution >= 0.6 is 37.2 Å². The second kappa shape index (κ2) is 10.3. The number of nitrogens with two attached hydrogens (primary N) is 1. The molecule has 3 aromatic carbocycles. The Morgan fingerprint density at radius 1 is 0.714 bits per heavy atom. The second-order valence-electron chi connectivity index (χ2n) is 7.50. The third kappa shape index (κ3) is 6.55. The van der Waals surface area contributed by atoms with Gasteiger partial charge in [0.05, 0.1) is 0 Å². The first-order valence-electron chi connectivity index (χ1n) is 8.88. The van der Waals surface area contributed by atoms with Crippen LogP contribution < -0.4 is 15.2 Å². The Hall–Kier alpha value is -1.48. The number of ether oxygens (including phenoxy) is 2. The Bertz CT molecular complexity index is 886. The van der Waals surface area contributed by atoms with Crippen LogP contribution in [0.1, 0.15) is 31.9 Å². The summed E-state index contributed by atoms with van der Waals surface area (Å²) in [5.41, 5.74) is 8.86. The van der Waals surface area contributed by atoms with Crippen LogP contribution in [0.2, 0.25) is 0 Å². The number of hydrogen-bond acceptors (Lipinski definition) is 3. The number of aryl methyl sites for hydroxylation is 1. The molecule has 2 N–H and O–H groups in total. The summed E-state index contributed by atoms with van der Waals surface area (Å²) in [6, 6.07) is 21.4. The molecular formula is C23H25I2NO2. The summed E-state index contributed by atoms with van der Waals surface area (Å²) in [7, 11) is 0. The van der Waals surface area contributed by atoms with Crippen molar-refractivity contribution in [2.45, 2.75) is 33.1 Å². The average Bonchev–Trinajstić information content (AvgIpc) is 2.67. The minimum atomic E-state index is 0.0155. The van der Waals surface area contributed by atoms with Gasteiger partial charge in [-0.05, 0) is 66.4 Å². The molecule has 0 atom stereocenters. The molecule has 148 valence electrons. The number of anilines is 1. The van der Waals surface area contributed by atoms with Crippen molar-refractivity contribution >= 4 is 42.9 Å². The van der Waals surface area contributed by atoms with Gasteiger partial charge in [0.15, 0.2) is 11.5 Å². The number of benzene rings is 3. The van der Waals surface area contributed by atoms with Crippen molar-refractivity contribution < 1.29 is 9.47 Å². The van der Waals surface area contributed by atoms with Crippen LogP contribution in [0.5, 0.6) is 23.0 Å². The molecule has 0 saturated heterocycles. The van der Waals surface area contributed by atoms with Gasteiger partial charge < -0.3 is 15.2 Å². The zero-order valence-electron chi connectivity index (χ0n) is 16.5. The number of hydrogen-bond donors (Lipinski definition) is 1. The lowest BCUT2D eigenvalue weighted by molar-refractivity contribution is 0.416. The van der Waals surface area contributed by atoms with Gasteiger partial charge in [0.25, 0.3) is 0 Å². The van der Waals surface area contributed by atoms with Crippen LogP contribution in [0.25, 0.3) is 0 Å². The van der Waals surface area contributed by atoms with E-state index in [-0.39, 0.29) is 5.41 Å². The summed E-state index contributed by atoms with van der Waals surface area (Å²) < 4.78 is 12.2. The highest BCUT2D eigenvalue weighted by molar-refractivity contribution is 15.0. The molecule has 0 unspecified atom stereocenters. The molecule has 3 aromatic rings. The molecule has 0 bridgehead atoms. The molecule has 0 radical (unpaired) electrons. The molecule has 5 heteroatoms. The van der Waals surface area contributed by atoms with Gasteiger partial charge in [-0.3, -0.25) is 0 Å². The molecule has 0 amide bonds. The lowest BCUT2D eigenvalue weighted by Gasteiger charge is -2.21. The van der Waals surface area contributed by atoms with Gasteiger partial charge >= 0.3 is 0 Å². The highest BCUT2D eigenvalue weighted by Crippen LogP contribution is 2.38. The maximum atomic E-state index is 6.12. The quantitative estimate of drug-likeness (QED) is 0.242. The summed E-state index contributed by atoms with van der Waals surface area (Å²) in [5, 5.41) is 0. The largest absolute Gasteiger partial charge is 0.453 e. The topological polar surface area (TPSA) is 44.5 Å². The SMILES string of the molecule is Cc1ccc(Oc2ccc(C(C)(C)C)cc2Oc2ccc(N)cc2)cc1.II. The maximum absolute atomic E-state index is 6.12. The lowest BCUT2D eigenvalue weighted by Crippen LogP contribution is -2.11. The van der Waals surface area contributed by atoms with Crippen molar-refractivity contribution in [3.05, 3.63) is 77.9 Å². The van der Waals surface area contributed by atoms with Crippen LogP contribution in [-0.2, 0) is 5.41 Å². The van der Waals surface area contributed by atoms with E-state index in [0.717, 1.165) is 11.5 Å². The lowest BCUT2D eigenvalue weighted by atomic mass is 9.87. The monoisotopic (exact) mass is 601 g/mol. The van der Waals surface area contributed by atoms with E-state index in [4.69, 9.17) is 15.2 Å². The normalized spacial score (nSPS) is 10.6. The smallest absolute Gasteiger partial charge is 0.170 e. The molecule has 0 aliphatic carbocycles. The van der Waals surface area contributed by atoms with E-state index in [2.05, 4.69) is 71.0 Å². The molecule has 0 aromatic heterocycles. The van der Waals surface area contributed by atoms with Gasteiger partial charge in [-0.25, -0.2) is 0 Å². The Morgan fingerprint density at radius 3 is 1.75 bits per heavy atom. The zero-order valence-corrected chi connectivity index (χ0v) is 20.8. The van der Waals surface area contributed by atoms with E-state index >= 15 is 0 Å². The fourth-order valence-electron chi connectivity index (χ4n) is 2.53. The van der Waals surface area contributed by atoms with Crippen molar-refractivity contribution in [3.63, 3.8) is 0 Å². The summed E-state index contributed by atoms with van der Waals surface area (Å²) in [6.07, 6.45) is 0. The number of halogens is 2. The van der Waals surface area contributed by atoms with E-state index in [9.17, 15) is 0 Å². The molecular weight excluding hydrogens is 576 g/mol. The molecule has 0 aliphatic heterocycles. The highest BCUT2D eigenvalue weighted by atomic mass is 128. The second-order valence-corrected chi connectivity index (χ2v) is 7.50. The van der Waals surface area contributed by atoms with Crippen LogP contribution in [0.15, 0.2) is 66.7 Å². The Labute approximate surface area is 191 Å². The predicted molar refractivity (Wildman–Crippen MR) is 135 cm³/mol. The Morgan fingerprint density at radius 2 is 1.21 bits per heavy atom. The standard InChI is InChI=1S/C23H25NO2.I2/c1-16-5-10-19(11-6-16)25-21-14-7-17(23(2,3)4)15-22(21)26-20-12-8-18(24)9-13-20;1-2/h5-15H,24H2,1-4H3;. The van der Waals surface area contributed by atoms with Gasteiger partial charge in [0.1, 0.15) is 11.5 Å². The maximum Gasteiger partial charge on any atom is 0.170 e. The molecule has 0 fully saturated rings. The first-order chi connectivity index (χ1) is 13.3. The molecule has 0 saturated carbocycles. The Kier molecular flexibility index (Phi) is 8.42. The molecule has 0 aliphatic rings. The van der Waals surface area contributed by atoms with E-state index in [1.54, 1.807) is 0 Å². The van der Waals surface area contributed by atoms with E-state index in [1.165, 1.54) is 11.1 Å². The van der Waals surface area contributed by atoms with E-state index in [0.29, 0.717) is 17.2 Å². The van der Waals surface area contributed by atoms with Gasteiger partial charge in [-0.1, -0.05) is 44.5 Å². The molecule has 0 heterocycles. The van der Waals surface area contributed by atoms with Crippen LogP contribution in [0.3, 0.4) is 0 Å². The first-order valence-corrected chi connectivity index (χ1v) is 15.2. The third-order valence-electron chi connectivity index (χ3n) is 4.17. The number of rotatable bonds is 4. The van der Waals surface area contributed by atoms with Crippen molar-refractivity contribution in [2.75, 3.05) is 5.73 Å². The first kappa shape index (κ1) is 22.8. The fraction of sp³-hybridized carbons (Fsp3) is 0.217. The summed E-state index contributed by atoms with van der Waals surface area (Å²) in [6.45, 7) is 8.58. The zero-order chi connectivity index (χ0) is 20.7. The van der Waals surface area contributed by atoms with Gasteiger partial charge in [0, 0.05) is 42.9 Å². The third-order valence-corrected chi connectivity index (χ3v) is 4.17. The number of nitrogen functional groups attached to an aromatic ring is 1. The van der Waals surface area contributed by atoms with Crippen molar-refractivity contribution in [3.8, 4) is 23.0 Å². The molecule has 3 rings (SSSR count). The van der Waals surface area contributed by atoms with Crippen LogP contribution in [0.4, 0.5) is 5.69 Å². The van der Waals surface area contributed by atoms with Crippen LogP contribution in [0, 0.1) is 6.92 Å². The molecule has 28 heavy (non-hydrogen) atoms. The Balaban J connectivity index is 0.00000136. The van der Waals surface area contributed by atoms with Gasteiger partial charge in [-0.2, -0.15) is 0 Å². The molecule has 3 nitrogen and oxygen atoms in total. The van der Waals surface area contributed by atoms with Crippen molar-refractivity contribution in [1.82, 2.24) is 0 Å². The minimum absolute atomic E-state index is 0.0155. The minimum Gasteiger partial charge on any atom is -0.453 e. The van der Waals surface area contributed by atoms with Crippen LogP contribution in [-0.4, -0.2) is 0 Å². The van der Waals surface area contributed by atoms with E-state index in [1.807, 2.05) is 60.7 Å². The van der Waals surface area contributed by atoms with Gasteiger partial charge in [-0.15, -0.1) is 0 Å². The average molecular weight is 601 g/mol.